The minimum absolute atomic E-state index is 0.172. The number of ether oxygens (including phenoxy) is 1. The number of aryl methyl sites for hydroxylation is 1. The molecule has 0 saturated carbocycles. The van der Waals surface area contributed by atoms with Gasteiger partial charge in [0.2, 0.25) is 0 Å². The number of aromatic nitrogens is 1. The smallest absolute Gasteiger partial charge is 0.158 e. The molecule has 1 heterocycles. The van der Waals surface area contributed by atoms with Gasteiger partial charge in [-0.05, 0) is 73.9 Å². The van der Waals surface area contributed by atoms with Gasteiger partial charge in [-0.15, -0.1) is 0 Å². The second-order valence-corrected chi connectivity index (χ2v) is 8.22. The molecule has 0 radical (unpaired) electrons. The average molecular weight is 416 g/mol. The van der Waals surface area contributed by atoms with Crippen molar-refractivity contribution >= 4 is 5.78 Å². The Morgan fingerprint density at radius 2 is 1.90 bits per heavy atom. The number of hydrogen-bond donors (Lipinski definition) is 0. The maximum atomic E-state index is 12.6. The van der Waals surface area contributed by atoms with E-state index in [1.165, 1.54) is 5.57 Å². The lowest BCUT2D eigenvalue weighted by atomic mass is 9.96. The quantitative estimate of drug-likeness (QED) is 0.294. The third kappa shape index (κ3) is 6.78. The molecule has 0 unspecified atom stereocenters. The molecule has 0 saturated heterocycles. The van der Waals surface area contributed by atoms with Crippen LogP contribution in [0.2, 0.25) is 0 Å². The van der Waals surface area contributed by atoms with E-state index in [9.17, 15) is 4.79 Å². The molecule has 0 N–H and O–H groups in total. The second-order valence-electron chi connectivity index (χ2n) is 8.22. The minimum atomic E-state index is 0.172. The van der Waals surface area contributed by atoms with Crippen LogP contribution in [0.3, 0.4) is 0 Å². The molecule has 0 amide bonds. The summed E-state index contributed by atoms with van der Waals surface area (Å²) < 4.78 is 5.23. The zero-order chi connectivity index (χ0) is 22.1. The molecule has 0 fully saturated rings. The van der Waals surface area contributed by atoms with Gasteiger partial charge in [-0.1, -0.05) is 48.9 Å². The van der Waals surface area contributed by atoms with Crippen molar-refractivity contribution in [1.29, 1.82) is 0 Å². The first kappa shape index (κ1) is 22.7. The van der Waals surface area contributed by atoms with Crippen molar-refractivity contribution in [3.05, 3.63) is 83.7 Å². The van der Waals surface area contributed by atoms with Crippen LogP contribution in [0.1, 0.15) is 56.2 Å². The van der Waals surface area contributed by atoms with E-state index in [2.05, 4.69) is 35.9 Å². The third-order valence-corrected chi connectivity index (χ3v) is 5.85. The number of rotatable bonds is 11. The second kappa shape index (κ2) is 11.5. The minimum Gasteiger partial charge on any atom is -0.497 e. The zero-order valence-corrected chi connectivity index (χ0v) is 18.8. The highest BCUT2D eigenvalue weighted by molar-refractivity contribution is 5.95. The van der Waals surface area contributed by atoms with Gasteiger partial charge in [-0.3, -0.25) is 9.78 Å². The standard InChI is InChI=1S/C28H33NO2/c1-21(28(30)13-9-5-8-12-23-10-6-4-7-11-23)18-25-19-26(20-29-22(25)2)24-14-16-27(31-3)17-15-24/h6,10-11,14-17,19-20H,1,4-5,7-9,12-13,18H2,2-3H3. The van der Waals surface area contributed by atoms with Gasteiger partial charge in [-0.25, -0.2) is 0 Å². The number of hydrogen-bond acceptors (Lipinski definition) is 3. The Labute approximate surface area is 186 Å². The van der Waals surface area contributed by atoms with E-state index in [-0.39, 0.29) is 5.78 Å². The van der Waals surface area contributed by atoms with Crippen LogP contribution >= 0.6 is 0 Å². The molecular formula is C28H33NO2. The Hall–Kier alpha value is -2.94. The van der Waals surface area contributed by atoms with Crippen molar-refractivity contribution in [2.45, 2.75) is 58.3 Å². The monoisotopic (exact) mass is 415 g/mol. The molecule has 31 heavy (non-hydrogen) atoms. The molecule has 0 spiro atoms. The van der Waals surface area contributed by atoms with Crippen molar-refractivity contribution in [2.75, 3.05) is 7.11 Å². The normalized spacial score (nSPS) is 13.0. The number of nitrogens with zero attached hydrogens (tertiary/aromatic N) is 1. The molecule has 1 aromatic carbocycles. The molecule has 1 aromatic heterocycles. The number of carbonyl (C=O) groups is 1. The summed E-state index contributed by atoms with van der Waals surface area (Å²) in [4.78, 5) is 17.1. The van der Waals surface area contributed by atoms with Crippen LogP contribution in [0.4, 0.5) is 0 Å². The lowest BCUT2D eigenvalue weighted by Crippen LogP contribution is -2.06. The Balaban J connectivity index is 1.50. The maximum Gasteiger partial charge on any atom is 0.158 e. The van der Waals surface area contributed by atoms with Gasteiger partial charge in [0, 0.05) is 30.3 Å². The van der Waals surface area contributed by atoms with E-state index in [0.29, 0.717) is 18.4 Å². The van der Waals surface area contributed by atoms with Crippen molar-refractivity contribution in [1.82, 2.24) is 4.98 Å². The van der Waals surface area contributed by atoms with Crippen molar-refractivity contribution in [2.24, 2.45) is 0 Å². The summed E-state index contributed by atoms with van der Waals surface area (Å²) in [5, 5.41) is 0. The van der Waals surface area contributed by atoms with Crippen LogP contribution in [0, 0.1) is 6.92 Å². The number of methoxy groups -OCH3 is 1. The van der Waals surface area contributed by atoms with Gasteiger partial charge in [-0.2, -0.15) is 0 Å². The largest absolute Gasteiger partial charge is 0.497 e. The summed E-state index contributed by atoms with van der Waals surface area (Å²) in [5.41, 5.74) is 6.24. The van der Waals surface area contributed by atoms with Crippen molar-refractivity contribution in [3.8, 4) is 16.9 Å². The van der Waals surface area contributed by atoms with E-state index in [0.717, 1.165) is 66.7 Å². The molecule has 0 aliphatic heterocycles. The fraction of sp³-hybridized carbons (Fsp3) is 0.357. The summed E-state index contributed by atoms with van der Waals surface area (Å²) in [6.45, 7) is 6.06. The van der Waals surface area contributed by atoms with Gasteiger partial charge < -0.3 is 4.74 Å². The number of pyridine rings is 1. The first-order chi connectivity index (χ1) is 15.1. The summed E-state index contributed by atoms with van der Waals surface area (Å²) in [6.07, 6.45) is 16.4. The highest BCUT2D eigenvalue weighted by Gasteiger charge is 2.11. The molecule has 0 atom stereocenters. The number of ketones is 1. The number of Topliss-reactive ketones (excluding diaryl/α,β-unsaturated/α-hetero) is 1. The Morgan fingerprint density at radius 3 is 2.61 bits per heavy atom. The molecule has 1 aliphatic carbocycles. The molecule has 0 bridgehead atoms. The molecule has 3 heteroatoms. The fourth-order valence-corrected chi connectivity index (χ4v) is 3.85. The van der Waals surface area contributed by atoms with Crippen LogP contribution in [-0.4, -0.2) is 17.9 Å². The van der Waals surface area contributed by atoms with E-state index in [4.69, 9.17) is 4.74 Å². The fourth-order valence-electron chi connectivity index (χ4n) is 3.85. The van der Waals surface area contributed by atoms with E-state index < -0.39 is 0 Å². The molecule has 1 aliphatic rings. The highest BCUT2D eigenvalue weighted by atomic mass is 16.5. The van der Waals surface area contributed by atoms with Crippen LogP contribution in [0.15, 0.2) is 72.5 Å². The summed E-state index contributed by atoms with van der Waals surface area (Å²) in [5.74, 6) is 1.00. The molecule has 162 valence electrons. The van der Waals surface area contributed by atoms with E-state index in [1.54, 1.807) is 7.11 Å². The lowest BCUT2D eigenvalue weighted by Gasteiger charge is -2.11. The Kier molecular flexibility index (Phi) is 8.40. The van der Waals surface area contributed by atoms with Crippen molar-refractivity contribution < 1.29 is 9.53 Å². The van der Waals surface area contributed by atoms with Gasteiger partial charge in [0.15, 0.2) is 5.78 Å². The van der Waals surface area contributed by atoms with Gasteiger partial charge >= 0.3 is 0 Å². The Morgan fingerprint density at radius 1 is 1.10 bits per heavy atom. The maximum absolute atomic E-state index is 12.6. The summed E-state index contributed by atoms with van der Waals surface area (Å²) in [7, 11) is 1.66. The lowest BCUT2D eigenvalue weighted by molar-refractivity contribution is -0.115. The number of unbranched alkanes of at least 4 members (excludes halogenated alkanes) is 2. The number of allylic oxidation sites excluding steroid dienone is 5. The molecule has 2 aromatic rings. The highest BCUT2D eigenvalue weighted by Crippen LogP contribution is 2.25. The van der Waals surface area contributed by atoms with Crippen molar-refractivity contribution in [3.63, 3.8) is 0 Å². The van der Waals surface area contributed by atoms with Crippen LogP contribution < -0.4 is 4.74 Å². The Bertz CT molecular complexity index is 967. The van der Waals surface area contributed by atoms with Crippen LogP contribution in [-0.2, 0) is 11.2 Å². The van der Waals surface area contributed by atoms with Crippen LogP contribution in [0.5, 0.6) is 5.75 Å². The third-order valence-electron chi connectivity index (χ3n) is 5.85. The van der Waals surface area contributed by atoms with Crippen LogP contribution in [0.25, 0.3) is 11.1 Å². The first-order valence-corrected chi connectivity index (χ1v) is 11.2. The van der Waals surface area contributed by atoms with Gasteiger partial charge in [0.25, 0.3) is 0 Å². The molecular weight excluding hydrogens is 382 g/mol. The summed E-state index contributed by atoms with van der Waals surface area (Å²) >= 11 is 0. The van der Waals surface area contributed by atoms with Gasteiger partial charge in [0.05, 0.1) is 7.11 Å². The van der Waals surface area contributed by atoms with Gasteiger partial charge in [0.1, 0.15) is 5.75 Å². The van der Waals surface area contributed by atoms with E-state index in [1.807, 2.05) is 37.4 Å². The topological polar surface area (TPSA) is 39.2 Å². The summed E-state index contributed by atoms with van der Waals surface area (Å²) in [6, 6.07) is 10.0. The SMILES string of the molecule is C=C(Cc1cc(-c2ccc(OC)cc2)cnc1C)C(=O)CCCCCC1=CCCC=C1. The number of benzene rings is 1. The number of carbonyl (C=O) groups excluding carboxylic acids is 1. The molecule has 3 nitrogen and oxygen atoms in total. The van der Waals surface area contributed by atoms with E-state index >= 15 is 0 Å². The predicted molar refractivity (Wildman–Crippen MR) is 128 cm³/mol. The molecule has 3 rings (SSSR count). The predicted octanol–water partition coefficient (Wildman–Crippen LogP) is 6.96. The first-order valence-electron chi connectivity index (χ1n) is 11.2. The zero-order valence-electron chi connectivity index (χ0n) is 18.8. The average Bonchev–Trinajstić information content (AvgIpc) is 2.81.